The highest BCUT2D eigenvalue weighted by molar-refractivity contribution is 5.78. The number of benzene rings is 1. The molecule has 1 heterocycles. The Hall–Kier alpha value is -2.06. The minimum Gasteiger partial charge on any atom is -0.491 e. The summed E-state index contributed by atoms with van der Waals surface area (Å²) < 4.78 is 5.57. The monoisotopic (exact) mass is 245 g/mol. The fraction of sp³-hybridized carbons (Fsp3) is 0.385. The molecule has 1 aromatic rings. The number of nitrogens with zero attached hydrogens (tertiary/aromatic N) is 2. The topological polar surface area (TPSA) is 65.4 Å². The summed E-state index contributed by atoms with van der Waals surface area (Å²) >= 11 is 0. The summed E-state index contributed by atoms with van der Waals surface area (Å²) in [5.41, 5.74) is 0.536. The van der Waals surface area contributed by atoms with E-state index in [1.54, 1.807) is 18.2 Å². The third-order valence-corrected chi connectivity index (χ3v) is 2.79. The Balaban J connectivity index is 1.81. The lowest BCUT2D eigenvalue weighted by molar-refractivity contribution is -0.124. The van der Waals surface area contributed by atoms with Crippen LogP contribution in [0.2, 0.25) is 0 Å². The first kappa shape index (κ1) is 12.4. The van der Waals surface area contributed by atoms with Crippen molar-refractivity contribution < 1.29 is 9.53 Å². The maximum Gasteiger partial charge on any atom is 0.234 e. The molecule has 5 heteroatoms. The summed E-state index contributed by atoms with van der Waals surface area (Å²) in [7, 11) is 0. The Morgan fingerprint density at radius 1 is 1.44 bits per heavy atom. The normalized spacial score (nSPS) is 15.8. The van der Waals surface area contributed by atoms with E-state index >= 15 is 0 Å². The van der Waals surface area contributed by atoms with Crippen LogP contribution in [0.4, 0.5) is 0 Å². The highest BCUT2D eigenvalue weighted by Crippen LogP contribution is 2.16. The van der Waals surface area contributed by atoms with E-state index in [2.05, 4.69) is 11.4 Å². The Labute approximate surface area is 106 Å². The quantitative estimate of drug-likeness (QED) is 0.832. The molecule has 0 unspecified atom stereocenters. The molecule has 0 bridgehead atoms. The number of nitriles is 1. The smallest absolute Gasteiger partial charge is 0.234 e. The van der Waals surface area contributed by atoms with Gasteiger partial charge in [0.05, 0.1) is 12.1 Å². The van der Waals surface area contributed by atoms with Crippen LogP contribution in [-0.4, -0.2) is 43.6 Å². The molecular weight excluding hydrogens is 230 g/mol. The summed E-state index contributed by atoms with van der Waals surface area (Å²) in [6.07, 6.45) is 0. The van der Waals surface area contributed by atoms with Crippen molar-refractivity contribution in [2.75, 3.05) is 32.8 Å². The van der Waals surface area contributed by atoms with E-state index in [9.17, 15) is 4.79 Å². The fourth-order valence-corrected chi connectivity index (χ4v) is 1.85. The predicted octanol–water partition coefficient (Wildman–Crippen LogP) is 0.369. The molecule has 18 heavy (non-hydrogen) atoms. The molecule has 0 aromatic heterocycles. The summed E-state index contributed by atoms with van der Waals surface area (Å²) in [6.45, 7) is 3.12. The maximum atomic E-state index is 11.2. The van der Waals surface area contributed by atoms with E-state index in [0.29, 0.717) is 37.6 Å². The molecule has 1 fully saturated rings. The SMILES string of the molecule is N#Cc1ccccc1OCCN1CCNC(=O)C1. The third-order valence-electron chi connectivity index (χ3n) is 2.79. The number of carbonyl (C=O) groups excluding carboxylic acids is 1. The van der Waals surface area contributed by atoms with Gasteiger partial charge in [-0.1, -0.05) is 12.1 Å². The van der Waals surface area contributed by atoms with Gasteiger partial charge in [0.1, 0.15) is 18.4 Å². The summed E-state index contributed by atoms with van der Waals surface area (Å²) in [6, 6.07) is 9.24. The zero-order valence-corrected chi connectivity index (χ0v) is 10.1. The van der Waals surface area contributed by atoms with Crippen molar-refractivity contribution in [1.82, 2.24) is 10.2 Å². The van der Waals surface area contributed by atoms with Gasteiger partial charge in [-0.15, -0.1) is 0 Å². The van der Waals surface area contributed by atoms with Crippen LogP contribution < -0.4 is 10.1 Å². The van der Waals surface area contributed by atoms with Crippen molar-refractivity contribution in [2.24, 2.45) is 0 Å². The van der Waals surface area contributed by atoms with Crippen molar-refractivity contribution in [2.45, 2.75) is 0 Å². The number of rotatable bonds is 4. The summed E-state index contributed by atoms with van der Waals surface area (Å²) in [4.78, 5) is 13.2. The van der Waals surface area contributed by atoms with Crippen molar-refractivity contribution >= 4 is 5.91 Å². The lowest BCUT2D eigenvalue weighted by Crippen LogP contribution is -2.48. The van der Waals surface area contributed by atoms with Gasteiger partial charge in [-0.25, -0.2) is 0 Å². The zero-order valence-electron chi connectivity index (χ0n) is 10.1. The Kier molecular flexibility index (Phi) is 4.15. The molecule has 2 rings (SSSR count). The number of amides is 1. The van der Waals surface area contributed by atoms with Gasteiger partial charge < -0.3 is 10.1 Å². The Morgan fingerprint density at radius 3 is 3.06 bits per heavy atom. The first-order valence-electron chi connectivity index (χ1n) is 5.90. The first-order chi connectivity index (χ1) is 8.79. The van der Waals surface area contributed by atoms with E-state index in [-0.39, 0.29) is 5.91 Å². The van der Waals surface area contributed by atoms with Crippen molar-refractivity contribution in [3.05, 3.63) is 29.8 Å². The van der Waals surface area contributed by atoms with Crippen LogP contribution in [0.25, 0.3) is 0 Å². The molecule has 94 valence electrons. The van der Waals surface area contributed by atoms with Crippen molar-refractivity contribution in [1.29, 1.82) is 5.26 Å². The Morgan fingerprint density at radius 2 is 2.28 bits per heavy atom. The van der Waals surface area contributed by atoms with Crippen molar-refractivity contribution in [3.63, 3.8) is 0 Å². The van der Waals surface area contributed by atoms with Gasteiger partial charge in [0.25, 0.3) is 0 Å². The van der Waals surface area contributed by atoms with Crippen LogP contribution in [0, 0.1) is 11.3 Å². The molecule has 5 nitrogen and oxygen atoms in total. The van der Waals surface area contributed by atoms with Gasteiger partial charge >= 0.3 is 0 Å². The van der Waals surface area contributed by atoms with E-state index in [1.807, 2.05) is 11.0 Å². The lowest BCUT2D eigenvalue weighted by Gasteiger charge is -2.26. The van der Waals surface area contributed by atoms with Gasteiger partial charge in [0, 0.05) is 19.6 Å². The molecule has 1 aromatic carbocycles. The maximum absolute atomic E-state index is 11.2. The van der Waals surface area contributed by atoms with Crippen LogP contribution in [0.15, 0.2) is 24.3 Å². The molecule has 0 radical (unpaired) electrons. The molecule has 0 atom stereocenters. The van der Waals surface area contributed by atoms with Crippen LogP contribution in [0.5, 0.6) is 5.75 Å². The lowest BCUT2D eigenvalue weighted by atomic mass is 10.2. The van der Waals surface area contributed by atoms with E-state index in [4.69, 9.17) is 10.00 Å². The summed E-state index contributed by atoms with van der Waals surface area (Å²) in [5.74, 6) is 0.653. The van der Waals surface area contributed by atoms with Gasteiger partial charge in [-0.05, 0) is 12.1 Å². The highest BCUT2D eigenvalue weighted by atomic mass is 16.5. The average Bonchev–Trinajstić information content (AvgIpc) is 2.39. The molecule has 1 amide bonds. The van der Waals surface area contributed by atoms with E-state index in [0.717, 1.165) is 6.54 Å². The number of hydrogen-bond acceptors (Lipinski definition) is 4. The predicted molar refractivity (Wildman–Crippen MR) is 66.1 cm³/mol. The minimum absolute atomic E-state index is 0.0543. The average molecular weight is 245 g/mol. The molecule has 0 saturated carbocycles. The first-order valence-corrected chi connectivity index (χ1v) is 5.90. The minimum atomic E-state index is 0.0543. The summed E-state index contributed by atoms with van der Waals surface area (Å²) in [5, 5.41) is 11.7. The van der Waals surface area contributed by atoms with Crippen molar-refractivity contribution in [3.8, 4) is 11.8 Å². The van der Waals surface area contributed by atoms with Crippen LogP contribution in [-0.2, 0) is 4.79 Å². The molecular formula is C13H15N3O2. The molecule has 0 aliphatic carbocycles. The molecule has 1 aliphatic heterocycles. The zero-order chi connectivity index (χ0) is 12.8. The second kappa shape index (κ2) is 6.03. The molecule has 1 N–H and O–H groups in total. The Bertz CT molecular complexity index is 468. The number of nitrogens with one attached hydrogen (secondary N) is 1. The molecule has 1 aliphatic rings. The van der Waals surface area contributed by atoms with E-state index in [1.165, 1.54) is 0 Å². The number of piperazine rings is 1. The fourth-order valence-electron chi connectivity index (χ4n) is 1.85. The van der Waals surface area contributed by atoms with E-state index < -0.39 is 0 Å². The third kappa shape index (κ3) is 3.22. The standard InChI is InChI=1S/C13H15N3O2/c14-9-11-3-1-2-4-12(11)18-8-7-16-6-5-15-13(17)10-16/h1-4H,5-8,10H2,(H,15,17). The van der Waals surface area contributed by atoms with Crippen LogP contribution in [0.3, 0.4) is 0 Å². The highest BCUT2D eigenvalue weighted by Gasteiger charge is 2.15. The number of hydrogen-bond donors (Lipinski definition) is 1. The molecule has 1 saturated heterocycles. The second-order valence-corrected chi connectivity index (χ2v) is 4.08. The van der Waals surface area contributed by atoms with Gasteiger partial charge in [0.15, 0.2) is 0 Å². The molecule has 0 spiro atoms. The van der Waals surface area contributed by atoms with Gasteiger partial charge in [-0.2, -0.15) is 5.26 Å². The largest absolute Gasteiger partial charge is 0.491 e. The van der Waals surface area contributed by atoms with Crippen LogP contribution in [0.1, 0.15) is 5.56 Å². The number of ether oxygens (including phenoxy) is 1. The van der Waals surface area contributed by atoms with Gasteiger partial charge in [0.2, 0.25) is 5.91 Å². The van der Waals surface area contributed by atoms with Gasteiger partial charge in [-0.3, -0.25) is 9.69 Å². The van der Waals surface area contributed by atoms with Crippen LogP contribution >= 0.6 is 0 Å². The number of para-hydroxylation sites is 1. The number of carbonyl (C=O) groups is 1. The second-order valence-electron chi connectivity index (χ2n) is 4.08.